The fourth-order valence-corrected chi connectivity index (χ4v) is 1.95. The Morgan fingerprint density at radius 1 is 1.25 bits per heavy atom. The van der Waals surface area contributed by atoms with Gasteiger partial charge in [-0.15, -0.1) is 0 Å². The zero-order chi connectivity index (χ0) is 14.8. The number of methoxy groups -OCH3 is 1. The molecule has 0 saturated heterocycles. The summed E-state index contributed by atoms with van der Waals surface area (Å²) in [6.45, 7) is 5.67. The molecular weight excluding hydrogens is 252 g/mol. The summed E-state index contributed by atoms with van der Waals surface area (Å²) in [7, 11) is 1.60. The quantitative estimate of drug-likeness (QED) is 0.683. The van der Waals surface area contributed by atoms with Gasteiger partial charge in [-0.2, -0.15) is 0 Å². The third kappa shape index (κ3) is 6.57. The average molecular weight is 278 g/mol. The Bertz CT molecular complexity index is 405. The molecule has 0 aromatic heterocycles. The van der Waals surface area contributed by atoms with Crippen molar-refractivity contribution in [1.82, 2.24) is 5.32 Å². The largest absolute Gasteiger partial charge is 0.495 e. The minimum absolute atomic E-state index is 0.0432. The summed E-state index contributed by atoms with van der Waals surface area (Å²) in [6.07, 6.45) is 3.56. The molecule has 0 atom stereocenters. The van der Waals surface area contributed by atoms with E-state index in [9.17, 15) is 4.79 Å². The van der Waals surface area contributed by atoms with E-state index in [-0.39, 0.29) is 5.91 Å². The van der Waals surface area contributed by atoms with E-state index in [4.69, 9.17) is 4.74 Å². The molecule has 1 rings (SSSR count). The van der Waals surface area contributed by atoms with Gasteiger partial charge in [-0.3, -0.25) is 4.79 Å². The van der Waals surface area contributed by atoms with Crippen molar-refractivity contribution in [2.24, 2.45) is 5.92 Å². The van der Waals surface area contributed by atoms with Gasteiger partial charge in [0.15, 0.2) is 0 Å². The third-order valence-electron chi connectivity index (χ3n) is 3.05. The number of carbonyl (C=O) groups excluding carboxylic acids is 1. The second-order valence-corrected chi connectivity index (χ2v) is 5.31. The monoisotopic (exact) mass is 278 g/mol. The number of ether oxygens (including phenoxy) is 1. The first-order valence-electron chi connectivity index (χ1n) is 7.27. The highest BCUT2D eigenvalue weighted by molar-refractivity contribution is 5.93. The van der Waals surface area contributed by atoms with Gasteiger partial charge < -0.3 is 15.4 Å². The average Bonchev–Trinajstić information content (AvgIpc) is 2.43. The normalized spacial score (nSPS) is 10.6. The lowest BCUT2D eigenvalue weighted by molar-refractivity contribution is -0.115. The summed E-state index contributed by atoms with van der Waals surface area (Å²) in [5.41, 5.74) is 0.710. The van der Waals surface area contributed by atoms with Crippen molar-refractivity contribution in [2.45, 2.75) is 33.1 Å². The van der Waals surface area contributed by atoms with Gasteiger partial charge in [0, 0.05) is 0 Å². The first-order chi connectivity index (χ1) is 9.63. The first-order valence-corrected chi connectivity index (χ1v) is 7.27. The molecule has 0 aliphatic rings. The Balaban J connectivity index is 2.20. The van der Waals surface area contributed by atoms with Crippen LogP contribution in [0.15, 0.2) is 24.3 Å². The predicted octanol–water partition coefficient (Wildman–Crippen LogP) is 3.05. The van der Waals surface area contributed by atoms with E-state index in [1.807, 2.05) is 24.3 Å². The number of hydrogen-bond donors (Lipinski definition) is 2. The lowest BCUT2D eigenvalue weighted by Gasteiger charge is -2.10. The van der Waals surface area contributed by atoms with Gasteiger partial charge in [0.25, 0.3) is 0 Å². The molecule has 4 heteroatoms. The Labute approximate surface area is 121 Å². The van der Waals surface area contributed by atoms with E-state index in [1.165, 1.54) is 12.8 Å². The molecule has 0 spiro atoms. The van der Waals surface area contributed by atoms with Crippen molar-refractivity contribution in [1.29, 1.82) is 0 Å². The Morgan fingerprint density at radius 2 is 2.00 bits per heavy atom. The van der Waals surface area contributed by atoms with Gasteiger partial charge in [0.2, 0.25) is 5.91 Å². The molecule has 20 heavy (non-hydrogen) atoms. The van der Waals surface area contributed by atoms with E-state index in [0.717, 1.165) is 18.9 Å². The molecule has 0 unspecified atom stereocenters. The zero-order valence-electron chi connectivity index (χ0n) is 12.7. The van der Waals surface area contributed by atoms with E-state index < -0.39 is 0 Å². The number of benzene rings is 1. The van der Waals surface area contributed by atoms with Crippen molar-refractivity contribution < 1.29 is 9.53 Å². The SMILES string of the molecule is COc1ccccc1NC(=O)CNCCCCC(C)C. The molecular formula is C16H26N2O2. The van der Waals surface area contributed by atoms with Gasteiger partial charge in [-0.05, 0) is 31.0 Å². The number of unbranched alkanes of at least 4 members (excludes halogenated alkanes) is 1. The molecule has 0 aliphatic carbocycles. The maximum absolute atomic E-state index is 11.8. The molecule has 0 heterocycles. The molecule has 0 saturated carbocycles. The Hall–Kier alpha value is -1.55. The van der Waals surface area contributed by atoms with Crippen LogP contribution in [0, 0.1) is 5.92 Å². The second-order valence-electron chi connectivity index (χ2n) is 5.31. The lowest BCUT2D eigenvalue weighted by atomic mass is 10.1. The highest BCUT2D eigenvalue weighted by Crippen LogP contribution is 2.22. The minimum atomic E-state index is -0.0432. The fourth-order valence-electron chi connectivity index (χ4n) is 1.95. The molecule has 0 aliphatic heterocycles. The van der Waals surface area contributed by atoms with Gasteiger partial charge in [0.05, 0.1) is 19.3 Å². The number of rotatable bonds is 9. The molecule has 0 bridgehead atoms. The van der Waals surface area contributed by atoms with Crippen molar-refractivity contribution >= 4 is 11.6 Å². The summed E-state index contributed by atoms with van der Waals surface area (Å²) in [4.78, 5) is 11.8. The predicted molar refractivity (Wildman–Crippen MR) is 83.2 cm³/mol. The Kier molecular flexibility index (Phi) is 7.73. The first kappa shape index (κ1) is 16.5. The highest BCUT2D eigenvalue weighted by Gasteiger charge is 2.05. The zero-order valence-corrected chi connectivity index (χ0v) is 12.7. The van der Waals surface area contributed by atoms with E-state index in [1.54, 1.807) is 7.11 Å². The van der Waals surface area contributed by atoms with Crippen LogP contribution in [0.25, 0.3) is 0 Å². The fraction of sp³-hybridized carbons (Fsp3) is 0.562. The number of hydrogen-bond acceptors (Lipinski definition) is 3. The van der Waals surface area contributed by atoms with Crippen LogP contribution in [-0.4, -0.2) is 26.1 Å². The topological polar surface area (TPSA) is 50.4 Å². The maximum atomic E-state index is 11.8. The molecule has 2 N–H and O–H groups in total. The van der Waals surface area contributed by atoms with Gasteiger partial charge in [0.1, 0.15) is 5.75 Å². The summed E-state index contributed by atoms with van der Waals surface area (Å²) < 4.78 is 5.19. The van der Waals surface area contributed by atoms with Crippen molar-refractivity contribution in [2.75, 3.05) is 25.5 Å². The minimum Gasteiger partial charge on any atom is -0.495 e. The Morgan fingerprint density at radius 3 is 2.70 bits per heavy atom. The van der Waals surface area contributed by atoms with Crippen LogP contribution in [0.1, 0.15) is 33.1 Å². The van der Waals surface area contributed by atoms with E-state index >= 15 is 0 Å². The van der Waals surface area contributed by atoms with Crippen LogP contribution in [-0.2, 0) is 4.79 Å². The van der Waals surface area contributed by atoms with Gasteiger partial charge in [-0.1, -0.05) is 38.8 Å². The molecule has 4 nitrogen and oxygen atoms in total. The van der Waals surface area contributed by atoms with Gasteiger partial charge in [-0.25, -0.2) is 0 Å². The van der Waals surface area contributed by atoms with Crippen LogP contribution in [0.2, 0.25) is 0 Å². The summed E-state index contributed by atoms with van der Waals surface area (Å²) in [5.74, 6) is 1.39. The second kappa shape index (κ2) is 9.37. The standard InChI is InChI=1S/C16H26N2O2/c1-13(2)8-6-7-11-17-12-16(19)18-14-9-4-5-10-15(14)20-3/h4-5,9-10,13,17H,6-8,11-12H2,1-3H3,(H,18,19). The van der Waals surface area contributed by atoms with Crippen molar-refractivity contribution in [3.8, 4) is 5.75 Å². The number of amides is 1. The summed E-state index contributed by atoms with van der Waals surface area (Å²) >= 11 is 0. The molecule has 112 valence electrons. The lowest BCUT2D eigenvalue weighted by Crippen LogP contribution is -2.28. The van der Waals surface area contributed by atoms with Crippen molar-refractivity contribution in [3.63, 3.8) is 0 Å². The van der Waals surface area contributed by atoms with Crippen LogP contribution in [0.4, 0.5) is 5.69 Å². The molecule has 0 radical (unpaired) electrons. The molecule has 0 fully saturated rings. The van der Waals surface area contributed by atoms with E-state index in [0.29, 0.717) is 18.0 Å². The van der Waals surface area contributed by atoms with Crippen LogP contribution >= 0.6 is 0 Å². The molecule has 1 amide bonds. The van der Waals surface area contributed by atoms with Crippen LogP contribution in [0.5, 0.6) is 5.75 Å². The number of carbonyl (C=O) groups is 1. The number of anilines is 1. The van der Waals surface area contributed by atoms with Crippen LogP contribution < -0.4 is 15.4 Å². The molecule has 1 aromatic rings. The summed E-state index contributed by atoms with van der Waals surface area (Å²) in [6, 6.07) is 7.41. The number of para-hydroxylation sites is 2. The number of nitrogens with one attached hydrogen (secondary N) is 2. The van der Waals surface area contributed by atoms with Gasteiger partial charge >= 0.3 is 0 Å². The van der Waals surface area contributed by atoms with Crippen LogP contribution in [0.3, 0.4) is 0 Å². The smallest absolute Gasteiger partial charge is 0.238 e. The summed E-state index contributed by atoms with van der Waals surface area (Å²) in [5, 5.41) is 6.01. The van der Waals surface area contributed by atoms with Crippen molar-refractivity contribution in [3.05, 3.63) is 24.3 Å². The van der Waals surface area contributed by atoms with E-state index in [2.05, 4.69) is 24.5 Å². The molecule has 1 aromatic carbocycles. The maximum Gasteiger partial charge on any atom is 0.238 e. The third-order valence-corrected chi connectivity index (χ3v) is 3.05. The highest BCUT2D eigenvalue weighted by atomic mass is 16.5.